The van der Waals surface area contributed by atoms with Crippen LogP contribution in [-0.4, -0.2) is 17.6 Å². The van der Waals surface area contributed by atoms with Gasteiger partial charge >= 0.3 is 5.97 Å². The van der Waals surface area contributed by atoms with E-state index < -0.39 is 5.97 Å². The molecule has 0 unspecified atom stereocenters. The first-order valence-corrected chi connectivity index (χ1v) is 4.57. The minimum absolute atomic E-state index is 0.149. The van der Waals surface area contributed by atoms with Crippen LogP contribution >= 0.6 is 0 Å². The van der Waals surface area contributed by atoms with Gasteiger partial charge in [-0.15, -0.1) is 0 Å². The fourth-order valence-corrected chi connectivity index (χ4v) is 1.17. The van der Waals surface area contributed by atoms with Crippen LogP contribution in [0.4, 0.5) is 5.69 Å². The molecule has 0 spiro atoms. The second kappa shape index (κ2) is 4.00. The van der Waals surface area contributed by atoms with E-state index >= 15 is 0 Å². The van der Waals surface area contributed by atoms with Crippen LogP contribution in [0.2, 0.25) is 0 Å². The summed E-state index contributed by atoms with van der Waals surface area (Å²) in [6.07, 6.45) is 4.67. The Labute approximate surface area is 86.7 Å². The van der Waals surface area contributed by atoms with E-state index in [1.807, 2.05) is 0 Å². The van der Waals surface area contributed by atoms with Crippen molar-refractivity contribution in [3.8, 4) is 5.75 Å². The Morgan fingerprint density at radius 2 is 2.53 bits per heavy atom. The number of carbonyl (C=O) groups excluding carboxylic acids is 1. The van der Waals surface area contributed by atoms with Crippen molar-refractivity contribution in [2.75, 3.05) is 11.9 Å². The zero-order valence-corrected chi connectivity index (χ0v) is 8.19. The van der Waals surface area contributed by atoms with Crippen molar-refractivity contribution in [3.63, 3.8) is 0 Å². The molecule has 2 heterocycles. The predicted octanol–water partition coefficient (Wildman–Crippen LogP) is 1.29. The van der Waals surface area contributed by atoms with E-state index in [2.05, 4.69) is 10.3 Å². The van der Waals surface area contributed by atoms with Gasteiger partial charge in [-0.25, -0.2) is 4.79 Å². The third kappa shape index (κ3) is 1.90. The summed E-state index contributed by atoms with van der Waals surface area (Å²) in [6.45, 7) is 2.06. The lowest BCUT2D eigenvalue weighted by molar-refractivity contribution is -0.141. The fourth-order valence-electron chi connectivity index (χ4n) is 1.17. The average Bonchev–Trinajstić information content (AvgIpc) is 2.29. The summed E-state index contributed by atoms with van der Waals surface area (Å²) >= 11 is 0. The van der Waals surface area contributed by atoms with Crippen LogP contribution < -0.4 is 10.1 Å². The molecule has 1 aliphatic rings. The Hall–Kier alpha value is -2.04. The van der Waals surface area contributed by atoms with E-state index in [0.29, 0.717) is 12.4 Å². The van der Waals surface area contributed by atoms with Gasteiger partial charge in [0.2, 0.25) is 5.76 Å². The Kier molecular flexibility index (Phi) is 2.53. The van der Waals surface area contributed by atoms with Gasteiger partial charge in [0.15, 0.2) is 5.75 Å². The Bertz CT molecular complexity index is 415. The van der Waals surface area contributed by atoms with Crippen molar-refractivity contribution < 1.29 is 14.3 Å². The van der Waals surface area contributed by atoms with E-state index in [1.54, 1.807) is 25.4 Å². The molecule has 1 N–H and O–H groups in total. The number of nitrogens with one attached hydrogen (secondary N) is 1. The van der Waals surface area contributed by atoms with Crippen LogP contribution in [0.5, 0.6) is 5.75 Å². The summed E-state index contributed by atoms with van der Waals surface area (Å²) in [4.78, 5) is 15.3. The fraction of sp³-hybridized carbons (Fsp3) is 0.200. The minimum atomic E-state index is -0.479. The number of carbonyl (C=O) groups is 1. The van der Waals surface area contributed by atoms with E-state index in [-0.39, 0.29) is 5.76 Å². The van der Waals surface area contributed by atoms with Crippen LogP contribution in [0.3, 0.4) is 0 Å². The quantitative estimate of drug-likeness (QED) is 0.739. The average molecular weight is 206 g/mol. The third-order valence-corrected chi connectivity index (χ3v) is 1.84. The molecule has 15 heavy (non-hydrogen) atoms. The molecule has 2 rings (SSSR count). The maximum atomic E-state index is 11.3. The molecule has 0 saturated carbocycles. The lowest BCUT2D eigenvalue weighted by Gasteiger charge is -2.17. The summed E-state index contributed by atoms with van der Waals surface area (Å²) in [5, 5.41) is 2.90. The number of esters is 1. The molecule has 0 aromatic carbocycles. The molecule has 1 aliphatic heterocycles. The SMILES string of the molecule is CCOC(=O)C1=CNc2cnccc2O1. The molecule has 0 amide bonds. The smallest absolute Gasteiger partial charge is 0.375 e. The number of rotatable bonds is 2. The number of aromatic nitrogens is 1. The summed E-state index contributed by atoms with van der Waals surface area (Å²) in [5.74, 6) is 0.235. The first-order chi connectivity index (χ1) is 7.31. The van der Waals surface area contributed by atoms with Gasteiger partial charge < -0.3 is 14.8 Å². The van der Waals surface area contributed by atoms with E-state index in [9.17, 15) is 4.79 Å². The molecule has 1 aromatic rings. The standard InChI is InChI=1S/C10H10N2O3/c1-2-14-10(13)9-6-12-7-5-11-4-3-8(7)15-9/h3-6,12H,2H2,1H3. The van der Waals surface area contributed by atoms with Crippen LogP contribution in [0.15, 0.2) is 30.4 Å². The van der Waals surface area contributed by atoms with Crippen LogP contribution in [0.25, 0.3) is 0 Å². The largest absolute Gasteiger partial charge is 0.460 e. The van der Waals surface area contributed by atoms with E-state index in [0.717, 1.165) is 5.69 Å². The molecule has 0 bridgehead atoms. The molecule has 78 valence electrons. The molecule has 0 saturated heterocycles. The van der Waals surface area contributed by atoms with Gasteiger partial charge in [0.1, 0.15) is 5.69 Å². The molecule has 0 atom stereocenters. The summed E-state index contributed by atoms with van der Waals surface area (Å²) in [5.41, 5.74) is 0.727. The van der Waals surface area contributed by atoms with Gasteiger partial charge in [-0.2, -0.15) is 0 Å². The predicted molar refractivity (Wildman–Crippen MR) is 53.2 cm³/mol. The highest BCUT2D eigenvalue weighted by atomic mass is 16.6. The summed E-state index contributed by atoms with van der Waals surface area (Å²) in [7, 11) is 0. The van der Waals surface area contributed by atoms with Crippen LogP contribution in [-0.2, 0) is 9.53 Å². The maximum absolute atomic E-state index is 11.3. The zero-order valence-electron chi connectivity index (χ0n) is 8.19. The van der Waals surface area contributed by atoms with Crippen molar-refractivity contribution in [2.45, 2.75) is 6.92 Å². The highest BCUT2D eigenvalue weighted by molar-refractivity contribution is 5.88. The molecular formula is C10H10N2O3. The maximum Gasteiger partial charge on any atom is 0.375 e. The monoisotopic (exact) mass is 206 g/mol. The first-order valence-electron chi connectivity index (χ1n) is 4.57. The lowest BCUT2D eigenvalue weighted by Crippen LogP contribution is -2.17. The second-order valence-electron chi connectivity index (χ2n) is 2.85. The van der Waals surface area contributed by atoms with Gasteiger partial charge in [-0.1, -0.05) is 0 Å². The van der Waals surface area contributed by atoms with Gasteiger partial charge in [0.05, 0.1) is 19.0 Å². The Balaban J connectivity index is 2.16. The van der Waals surface area contributed by atoms with Crippen molar-refractivity contribution >= 4 is 11.7 Å². The highest BCUT2D eigenvalue weighted by Crippen LogP contribution is 2.28. The van der Waals surface area contributed by atoms with Gasteiger partial charge in [0.25, 0.3) is 0 Å². The van der Waals surface area contributed by atoms with E-state index in [1.165, 1.54) is 6.20 Å². The number of fused-ring (bicyclic) bond motifs is 1. The molecular weight excluding hydrogens is 196 g/mol. The molecule has 0 aliphatic carbocycles. The number of anilines is 1. The van der Waals surface area contributed by atoms with E-state index in [4.69, 9.17) is 9.47 Å². The topological polar surface area (TPSA) is 60.5 Å². The zero-order chi connectivity index (χ0) is 10.7. The number of hydrogen-bond acceptors (Lipinski definition) is 5. The highest BCUT2D eigenvalue weighted by Gasteiger charge is 2.19. The van der Waals surface area contributed by atoms with Crippen molar-refractivity contribution in [1.82, 2.24) is 4.98 Å². The molecule has 0 fully saturated rings. The minimum Gasteiger partial charge on any atom is -0.460 e. The van der Waals surface area contributed by atoms with Gasteiger partial charge in [-0.3, -0.25) is 4.98 Å². The lowest BCUT2D eigenvalue weighted by atomic mass is 10.3. The molecule has 5 heteroatoms. The first kappa shape index (κ1) is 9.51. The van der Waals surface area contributed by atoms with Crippen molar-refractivity contribution in [1.29, 1.82) is 0 Å². The molecule has 0 radical (unpaired) electrons. The normalized spacial score (nSPS) is 13.0. The van der Waals surface area contributed by atoms with Crippen LogP contribution in [0.1, 0.15) is 6.92 Å². The van der Waals surface area contributed by atoms with Gasteiger partial charge in [-0.05, 0) is 6.92 Å². The Morgan fingerprint density at radius 1 is 1.67 bits per heavy atom. The number of hydrogen-bond donors (Lipinski definition) is 1. The molecule has 5 nitrogen and oxygen atoms in total. The Morgan fingerprint density at radius 3 is 3.33 bits per heavy atom. The molecule has 1 aromatic heterocycles. The van der Waals surface area contributed by atoms with Crippen LogP contribution in [0, 0.1) is 0 Å². The summed E-state index contributed by atoms with van der Waals surface area (Å²) in [6, 6.07) is 1.68. The number of pyridine rings is 1. The third-order valence-electron chi connectivity index (χ3n) is 1.84. The number of nitrogens with zero attached hydrogens (tertiary/aromatic N) is 1. The summed E-state index contributed by atoms with van der Waals surface area (Å²) < 4.78 is 10.1. The second-order valence-corrected chi connectivity index (χ2v) is 2.85. The van der Waals surface area contributed by atoms with Crippen molar-refractivity contribution in [3.05, 3.63) is 30.4 Å². The number of ether oxygens (including phenoxy) is 2. The van der Waals surface area contributed by atoms with Gasteiger partial charge in [0, 0.05) is 12.3 Å². The van der Waals surface area contributed by atoms with Crippen molar-refractivity contribution in [2.24, 2.45) is 0 Å².